The van der Waals surface area contributed by atoms with Gasteiger partial charge in [-0.2, -0.15) is 0 Å². The van der Waals surface area contributed by atoms with Crippen molar-refractivity contribution in [3.05, 3.63) is 70.0 Å². The lowest BCUT2D eigenvalue weighted by Gasteiger charge is -2.29. The summed E-state index contributed by atoms with van der Waals surface area (Å²) >= 11 is 5.70. The highest BCUT2D eigenvalue weighted by atomic mass is 35.5. The van der Waals surface area contributed by atoms with Gasteiger partial charge in [-0.05, 0) is 41.7 Å². The quantitative estimate of drug-likeness (QED) is 0.759. The zero-order valence-electron chi connectivity index (χ0n) is 10.2. The van der Waals surface area contributed by atoms with Crippen LogP contribution in [0.1, 0.15) is 33.8 Å². The van der Waals surface area contributed by atoms with E-state index in [1.807, 2.05) is 12.1 Å². The van der Waals surface area contributed by atoms with Gasteiger partial charge in [-0.3, -0.25) is 4.79 Å². The van der Waals surface area contributed by atoms with Crippen LogP contribution in [0.2, 0.25) is 5.02 Å². The highest BCUT2D eigenvalue weighted by Crippen LogP contribution is 2.38. The van der Waals surface area contributed by atoms with Crippen LogP contribution in [0.3, 0.4) is 0 Å². The third-order valence-electron chi connectivity index (χ3n) is 3.63. The molecule has 0 aromatic heterocycles. The molecule has 3 heteroatoms. The van der Waals surface area contributed by atoms with Gasteiger partial charge in [0, 0.05) is 12.0 Å². The van der Waals surface area contributed by atoms with Gasteiger partial charge in [0.25, 0.3) is 0 Å². The monoisotopic (exact) mass is 274 g/mol. The Bertz CT molecular complexity index is 651. The smallest absolute Gasteiger partial charge is 0.163 e. The Morgan fingerprint density at radius 3 is 2.79 bits per heavy atom. The topological polar surface area (TPSA) is 17.1 Å². The highest BCUT2D eigenvalue weighted by Gasteiger charge is 2.27. The number of benzene rings is 2. The van der Waals surface area contributed by atoms with Crippen LogP contribution in [0.4, 0.5) is 4.39 Å². The first-order chi connectivity index (χ1) is 9.15. The number of hydrogen-bond donors (Lipinski definition) is 0. The molecule has 0 saturated carbocycles. The predicted molar refractivity (Wildman–Crippen MR) is 73.2 cm³/mol. The maximum atomic E-state index is 13.1. The van der Waals surface area contributed by atoms with Crippen LogP contribution in [-0.2, 0) is 6.42 Å². The lowest BCUT2D eigenvalue weighted by molar-refractivity contribution is 0.0970. The summed E-state index contributed by atoms with van der Waals surface area (Å²) in [6, 6.07) is 12.3. The molecule has 0 radical (unpaired) electrons. The number of carbonyl (C=O) groups excluding carboxylic acids is 1. The van der Waals surface area contributed by atoms with E-state index in [9.17, 15) is 9.18 Å². The summed E-state index contributed by atoms with van der Waals surface area (Å²) in [5, 5.41) is -0.000130. The van der Waals surface area contributed by atoms with Gasteiger partial charge < -0.3 is 0 Å². The van der Waals surface area contributed by atoms with Crippen molar-refractivity contribution >= 4 is 17.4 Å². The van der Waals surface area contributed by atoms with Crippen molar-refractivity contribution in [2.24, 2.45) is 0 Å². The molecule has 2 aromatic rings. The van der Waals surface area contributed by atoms with Crippen molar-refractivity contribution in [1.29, 1.82) is 0 Å². The Balaban J connectivity index is 1.75. The fourth-order valence-corrected chi connectivity index (χ4v) is 2.74. The number of Topliss-reactive ketones (excluding diaryl/α,β-unsaturated/α-hetero) is 1. The van der Waals surface area contributed by atoms with E-state index in [0.717, 1.165) is 6.42 Å². The standard InChI is InChI=1S/C16H12ClFO/c17-14-8-11(5-6-15(14)18)16(19)9-12-7-10-3-1-2-4-13(10)12/h1-6,8,12H,7,9H2. The minimum absolute atomic E-state index is 0.000130. The molecule has 1 atom stereocenters. The molecular weight excluding hydrogens is 263 g/mol. The predicted octanol–water partition coefficient (Wildman–Crippen LogP) is 4.39. The second kappa shape index (κ2) is 4.78. The number of carbonyl (C=O) groups is 1. The molecule has 3 rings (SSSR count). The zero-order valence-corrected chi connectivity index (χ0v) is 11.0. The third kappa shape index (κ3) is 2.28. The lowest BCUT2D eigenvalue weighted by Crippen LogP contribution is -2.20. The first kappa shape index (κ1) is 12.4. The molecule has 0 bridgehead atoms. The number of ketones is 1. The van der Waals surface area contributed by atoms with Crippen LogP contribution in [0, 0.1) is 5.82 Å². The SMILES string of the molecule is O=C(CC1Cc2ccccc21)c1ccc(F)c(Cl)c1. The van der Waals surface area contributed by atoms with Crippen LogP contribution < -0.4 is 0 Å². The first-order valence-electron chi connectivity index (χ1n) is 6.21. The molecule has 0 aliphatic heterocycles. The van der Waals surface area contributed by atoms with Gasteiger partial charge in [-0.25, -0.2) is 4.39 Å². The van der Waals surface area contributed by atoms with Crippen LogP contribution in [0.5, 0.6) is 0 Å². The molecule has 0 amide bonds. The van der Waals surface area contributed by atoms with Crippen molar-refractivity contribution in [1.82, 2.24) is 0 Å². The van der Waals surface area contributed by atoms with E-state index in [-0.39, 0.29) is 16.7 Å². The van der Waals surface area contributed by atoms with Crippen molar-refractivity contribution in [2.45, 2.75) is 18.8 Å². The Kier molecular flexibility index (Phi) is 3.11. The van der Waals surface area contributed by atoms with E-state index >= 15 is 0 Å². The van der Waals surface area contributed by atoms with Crippen LogP contribution in [0.15, 0.2) is 42.5 Å². The molecule has 1 aliphatic carbocycles. The molecule has 0 fully saturated rings. The van der Waals surface area contributed by atoms with E-state index in [2.05, 4.69) is 12.1 Å². The minimum Gasteiger partial charge on any atom is -0.294 e. The van der Waals surface area contributed by atoms with Crippen LogP contribution in [0.25, 0.3) is 0 Å². The maximum absolute atomic E-state index is 13.1. The average molecular weight is 275 g/mol. The fourth-order valence-electron chi connectivity index (χ4n) is 2.56. The molecule has 2 aromatic carbocycles. The summed E-state index contributed by atoms with van der Waals surface area (Å²) in [5.74, 6) is -0.193. The largest absolute Gasteiger partial charge is 0.294 e. The molecule has 0 saturated heterocycles. The van der Waals surface area contributed by atoms with Crippen molar-refractivity contribution in [2.75, 3.05) is 0 Å². The summed E-state index contributed by atoms with van der Waals surface area (Å²) in [6.07, 6.45) is 1.40. The molecule has 1 nitrogen and oxygen atoms in total. The van der Waals surface area contributed by atoms with Gasteiger partial charge in [-0.1, -0.05) is 35.9 Å². The van der Waals surface area contributed by atoms with E-state index < -0.39 is 5.82 Å². The van der Waals surface area contributed by atoms with Crippen LogP contribution in [-0.4, -0.2) is 5.78 Å². The summed E-state index contributed by atoms with van der Waals surface area (Å²) in [7, 11) is 0. The van der Waals surface area contributed by atoms with Gasteiger partial charge in [-0.15, -0.1) is 0 Å². The van der Waals surface area contributed by atoms with Gasteiger partial charge in [0.05, 0.1) is 5.02 Å². The highest BCUT2D eigenvalue weighted by molar-refractivity contribution is 6.31. The van der Waals surface area contributed by atoms with E-state index in [1.54, 1.807) is 0 Å². The van der Waals surface area contributed by atoms with Gasteiger partial charge in [0.1, 0.15) is 5.82 Å². The number of halogens is 2. The van der Waals surface area contributed by atoms with Crippen molar-refractivity contribution in [3.63, 3.8) is 0 Å². The molecular formula is C16H12ClFO. The van der Waals surface area contributed by atoms with E-state index in [0.29, 0.717) is 12.0 Å². The molecule has 0 spiro atoms. The summed E-state index contributed by atoms with van der Waals surface area (Å²) in [6.45, 7) is 0. The Morgan fingerprint density at radius 2 is 2.05 bits per heavy atom. The average Bonchev–Trinajstić information content (AvgIpc) is 2.39. The zero-order chi connectivity index (χ0) is 13.4. The Morgan fingerprint density at radius 1 is 1.26 bits per heavy atom. The summed E-state index contributed by atoms with van der Waals surface area (Å²) < 4.78 is 13.1. The first-order valence-corrected chi connectivity index (χ1v) is 6.59. The van der Waals surface area contributed by atoms with Crippen molar-refractivity contribution in [3.8, 4) is 0 Å². The van der Waals surface area contributed by atoms with Crippen LogP contribution >= 0.6 is 11.6 Å². The fraction of sp³-hybridized carbons (Fsp3) is 0.188. The molecule has 1 aliphatic rings. The molecule has 19 heavy (non-hydrogen) atoms. The Labute approximate surface area is 116 Å². The van der Waals surface area contributed by atoms with E-state index in [4.69, 9.17) is 11.6 Å². The van der Waals surface area contributed by atoms with Gasteiger partial charge >= 0.3 is 0 Å². The Hall–Kier alpha value is -1.67. The van der Waals surface area contributed by atoms with Crippen molar-refractivity contribution < 1.29 is 9.18 Å². The number of hydrogen-bond acceptors (Lipinski definition) is 1. The second-order valence-electron chi connectivity index (χ2n) is 4.86. The second-order valence-corrected chi connectivity index (χ2v) is 5.26. The molecule has 0 N–H and O–H groups in total. The third-order valence-corrected chi connectivity index (χ3v) is 3.92. The minimum atomic E-state index is -0.493. The molecule has 0 heterocycles. The van der Waals surface area contributed by atoms with E-state index in [1.165, 1.54) is 29.3 Å². The number of fused-ring (bicyclic) bond motifs is 1. The molecule has 1 unspecified atom stereocenters. The summed E-state index contributed by atoms with van der Waals surface area (Å²) in [5.41, 5.74) is 3.05. The van der Waals surface area contributed by atoms with Gasteiger partial charge in [0.15, 0.2) is 5.78 Å². The lowest BCUT2D eigenvalue weighted by atomic mass is 9.74. The maximum Gasteiger partial charge on any atom is 0.163 e. The van der Waals surface area contributed by atoms with Gasteiger partial charge in [0.2, 0.25) is 0 Å². The molecule has 96 valence electrons. The number of rotatable bonds is 3. The normalized spacial score (nSPS) is 16.6. The summed E-state index contributed by atoms with van der Waals surface area (Å²) in [4.78, 5) is 12.1.